The largest absolute Gasteiger partial charge is 0.319 e. The minimum absolute atomic E-state index is 0.292. The first-order valence-corrected chi connectivity index (χ1v) is 7.30. The third-order valence-electron chi connectivity index (χ3n) is 3.37. The van der Waals surface area contributed by atoms with Crippen molar-refractivity contribution in [3.05, 3.63) is 12.3 Å². The van der Waals surface area contributed by atoms with Gasteiger partial charge in [-0.3, -0.25) is 4.79 Å². The van der Waals surface area contributed by atoms with Crippen LogP contribution in [-0.4, -0.2) is 17.4 Å². The second-order valence-corrected chi connectivity index (χ2v) is 4.99. The van der Waals surface area contributed by atoms with E-state index in [1.807, 2.05) is 11.1 Å². The smallest absolute Gasteiger partial charge is 0.226 e. The van der Waals surface area contributed by atoms with Crippen molar-refractivity contribution >= 4 is 5.91 Å². The van der Waals surface area contributed by atoms with Gasteiger partial charge in [-0.05, 0) is 19.3 Å². The lowest BCUT2D eigenvalue weighted by Gasteiger charge is -2.07. The van der Waals surface area contributed by atoms with Crippen LogP contribution in [0.1, 0.15) is 71.1 Å². The molecular formula is C15H27NO. The average molecular weight is 237 g/mol. The number of nitrogens with zero attached hydrogens (tertiary/aromatic N) is 1. The summed E-state index contributed by atoms with van der Waals surface area (Å²) in [5.74, 6) is 0.292. The molecule has 0 N–H and O–H groups in total. The van der Waals surface area contributed by atoms with E-state index in [2.05, 4.69) is 13.0 Å². The third-order valence-corrected chi connectivity index (χ3v) is 3.37. The first-order valence-electron chi connectivity index (χ1n) is 7.30. The highest BCUT2D eigenvalue weighted by atomic mass is 16.2. The van der Waals surface area contributed by atoms with Gasteiger partial charge in [-0.15, -0.1) is 0 Å². The molecule has 1 fully saturated rings. The van der Waals surface area contributed by atoms with E-state index < -0.39 is 0 Å². The van der Waals surface area contributed by atoms with Crippen LogP contribution in [0.25, 0.3) is 0 Å². The summed E-state index contributed by atoms with van der Waals surface area (Å²) >= 11 is 0. The minimum Gasteiger partial charge on any atom is -0.319 e. The molecule has 2 nitrogen and oxygen atoms in total. The molecule has 1 rings (SSSR count). The quantitative estimate of drug-likeness (QED) is 0.549. The van der Waals surface area contributed by atoms with Gasteiger partial charge < -0.3 is 4.90 Å². The SMILES string of the molecule is CCCCCCCCC/C=C/N1CCCC1=O. The van der Waals surface area contributed by atoms with Crippen LogP contribution in [0.4, 0.5) is 0 Å². The lowest BCUT2D eigenvalue weighted by Crippen LogP contribution is -2.17. The van der Waals surface area contributed by atoms with E-state index in [1.54, 1.807) is 0 Å². The van der Waals surface area contributed by atoms with Gasteiger partial charge in [0.2, 0.25) is 5.91 Å². The number of amides is 1. The Morgan fingerprint density at radius 3 is 2.47 bits per heavy atom. The van der Waals surface area contributed by atoms with Crippen molar-refractivity contribution in [3.8, 4) is 0 Å². The van der Waals surface area contributed by atoms with Crippen molar-refractivity contribution in [2.75, 3.05) is 6.54 Å². The van der Waals surface area contributed by atoms with E-state index in [1.165, 1.54) is 44.9 Å². The maximum absolute atomic E-state index is 11.3. The second-order valence-electron chi connectivity index (χ2n) is 4.99. The minimum atomic E-state index is 0.292. The number of carbonyl (C=O) groups excluding carboxylic acids is 1. The summed E-state index contributed by atoms with van der Waals surface area (Å²) in [6, 6.07) is 0. The lowest BCUT2D eigenvalue weighted by molar-refractivity contribution is -0.125. The molecule has 1 amide bonds. The molecule has 1 saturated heterocycles. The molecule has 0 bridgehead atoms. The Morgan fingerprint density at radius 1 is 1.12 bits per heavy atom. The zero-order valence-corrected chi connectivity index (χ0v) is 11.3. The highest BCUT2D eigenvalue weighted by molar-refractivity contribution is 5.79. The summed E-state index contributed by atoms with van der Waals surface area (Å²) in [4.78, 5) is 13.2. The number of allylic oxidation sites excluding steroid dienone is 1. The Bertz CT molecular complexity index is 235. The van der Waals surface area contributed by atoms with Crippen LogP contribution in [0.5, 0.6) is 0 Å². The Morgan fingerprint density at radius 2 is 1.82 bits per heavy atom. The predicted octanol–water partition coefficient (Wildman–Crippen LogP) is 4.26. The summed E-state index contributed by atoms with van der Waals surface area (Å²) < 4.78 is 0. The molecule has 0 saturated carbocycles. The third kappa shape index (κ3) is 6.50. The Kier molecular flexibility index (Phi) is 7.78. The predicted molar refractivity (Wildman–Crippen MR) is 72.7 cm³/mol. The molecule has 0 spiro atoms. The van der Waals surface area contributed by atoms with E-state index in [9.17, 15) is 4.79 Å². The van der Waals surface area contributed by atoms with E-state index in [4.69, 9.17) is 0 Å². The highest BCUT2D eigenvalue weighted by Crippen LogP contribution is 2.11. The van der Waals surface area contributed by atoms with Crippen LogP contribution in [0.2, 0.25) is 0 Å². The summed E-state index contributed by atoms with van der Waals surface area (Å²) in [6.07, 6.45) is 16.5. The van der Waals surface area contributed by atoms with Crippen molar-refractivity contribution in [2.45, 2.75) is 71.1 Å². The van der Waals surface area contributed by atoms with Crippen LogP contribution in [-0.2, 0) is 4.79 Å². The summed E-state index contributed by atoms with van der Waals surface area (Å²) in [5, 5.41) is 0. The molecule has 0 aromatic heterocycles. The average Bonchev–Trinajstić information content (AvgIpc) is 2.73. The zero-order chi connectivity index (χ0) is 12.3. The topological polar surface area (TPSA) is 20.3 Å². The Balaban J connectivity index is 1.90. The summed E-state index contributed by atoms with van der Waals surface area (Å²) in [5.41, 5.74) is 0. The van der Waals surface area contributed by atoms with Gasteiger partial charge in [-0.2, -0.15) is 0 Å². The van der Waals surface area contributed by atoms with Gasteiger partial charge in [0.1, 0.15) is 0 Å². The van der Waals surface area contributed by atoms with Gasteiger partial charge in [0.15, 0.2) is 0 Å². The van der Waals surface area contributed by atoms with Gasteiger partial charge in [0, 0.05) is 19.2 Å². The number of hydrogen-bond acceptors (Lipinski definition) is 1. The fourth-order valence-corrected chi connectivity index (χ4v) is 2.25. The molecule has 0 atom stereocenters. The number of unbranched alkanes of at least 4 members (excludes halogenated alkanes) is 7. The van der Waals surface area contributed by atoms with E-state index in [-0.39, 0.29) is 0 Å². The Labute approximate surface area is 106 Å². The van der Waals surface area contributed by atoms with E-state index in [0.29, 0.717) is 5.91 Å². The van der Waals surface area contributed by atoms with Crippen molar-refractivity contribution in [1.82, 2.24) is 4.90 Å². The second kappa shape index (κ2) is 9.26. The first-order chi connectivity index (χ1) is 8.34. The van der Waals surface area contributed by atoms with Crippen LogP contribution < -0.4 is 0 Å². The van der Waals surface area contributed by atoms with Gasteiger partial charge in [0.05, 0.1) is 0 Å². The lowest BCUT2D eigenvalue weighted by atomic mass is 10.1. The van der Waals surface area contributed by atoms with Crippen molar-refractivity contribution < 1.29 is 4.79 Å². The summed E-state index contributed by atoms with van der Waals surface area (Å²) in [7, 11) is 0. The van der Waals surface area contributed by atoms with Crippen LogP contribution in [0.15, 0.2) is 12.3 Å². The molecule has 0 aromatic carbocycles. The van der Waals surface area contributed by atoms with Crippen LogP contribution >= 0.6 is 0 Å². The number of rotatable bonds is 9. The number of likely N-dealkylation sites (tertiary alicyclic amines) is 1. The molecule has 0 aromatic rings. The molecular weight excluding hydrogens is 210 g/mol. The maximum Gasteiger partial charge on any atom is 0.226 e. The fourth-order valence-electron chi connectivity index (χ4n) is 2.25. The van der Waals surface area contributed by atoms with Crippen LogP contribution in [0.3, 0.4) is 0 Å². The first kappa shape index (κ1) is 14.3. The monoisotopic (exact) mass is 237 g/mol. The molecule has 17 heavy (non-hydrogen) atoms. The molecule has 1 heterocycles. The highest BCUT2D eigenvalue weighted by Gasteiger charge is 2.16. The number of carbonyl (C=O) groups is 1. The fraction of sp³-hybridized carbons (Fsp3) is 0.800. The maximum atomic E-state index is 11.3. The van der Waals surface area contributed by atoms with Crippen LogP contribution in [0, 0.1) is 0 Å². The van der Waals surface area contributed by atoms with Crippen molar-refractivity contribution in [3.63, 3.8) is 0 Å². The molecule has 0 unspecified atom stereocenters. The van der Waals surface area contributed by atoms with E-state index in [0.717, 1.165) is 25.8 Å². The molecule has 1 aliphatic heterocycles. The molecule has 2 heteroatoms. The molecule has 0 aliphatic carbocycles. The molecule has 98 valence electrons. The molecule has 1 aliphatic rings. The van der Waals surface area contributed by atoms with E-state index >= 15 is 0 Å². The van der Waals surface area contributed by atoms with Gasteiger partial charge in [0.25, 0.3) is 0 Å². The molecule has 0 radical (unpaired) electrons. The standard InChI is InChI=1S/C15H27NO/c1-2-3-4-5-6-7-8-9-10-13-16-14-11-12-15(16)17/h10,13H,2-9,11-12,14H2,1H3/b13-10+. The van der Waals surface area contributed by atoms with Gasteiger partial charge in [-0.1, -0.05) is 51.5 Å². The summed E-state index contributed by atoms with van der Waals surface area (Å²) in [6.45, 7) is 3.18. The zero-order valence-electron chi connectivity index (χ0n) is 11.3. The number of hydrogen-bond donors (Lipinski definition) is 0. The Hall–Kier alpha value is -0.790. The van der Waals surface area contributed by atoms with Gasteiger partial charge >= 0.3 is 0 Å². The van der Waals surface area contributed by atoms with Crippen molar-refractivity contribution in [1.29, 1.82) is 0 Å². The normalized spacial score (nSPS) is 16.3. The van der Waals surface area contributed by atoms with Crippen molar-refractivity contribution in [2.24, 2.45) is 0 Å². The van der Waals surface area contributed by atoms with Gasteiger partial charge in [-0.25, -0.2) is 0 Å².